The first-order valence-electron chi connectivity index (χ1n) is 9.34. The van der Waals surface area contributed by atoms with E-state index in [1.165, 1.54) is 18.2 Å². The molecule has 0 radical (unpaired) electrons. The second-order valence-corrected chi connectivity index (χ2v) is 8.54. The zero-order valence-electron chi connectivity index (χ0n) is 16.6. The van der Waals surface area contributed by atoms with Gasteiger partial charge in [-0.2, -0.15) is 13.5 Å². The summed E-state index contributed by atoms with van der Waals surface area (Å²) in [6.07, 6.45) is 3.89. The number of amides is 2. The lowest BCUT2D eigenvalue weighted by molar-refractivity contribution is 0.175. The van der Waals surface area contributed by atoms with E-state index in [-0.39, 0.29) is 36.5 Å². The van der Waals surface area contributed by atoms with Crippen LogP contribution in [0.5, 0.6) is 0 Å². The fraction of sp³-hybridized carbons (Fsp3) is 0.400. The van der Waals surface area contributed by atoms with E-state index in [0.29, 0.717) is 35.4 Å². The Morgan fingerprint density at radius 1 is 1.17 bits per heavy atom. The molecular weight excluding hydrogens is 470 g/mol. The first-order valence-corrected chi connectivity index (χ1v) is 10.5. The molecule has 0 saturated carbocycles. The highest BCUT2D eigenvalue weighted by Gasteiger charge is 2.32. The van der Waals surface area contributed by atoms with Crippen LogP contribution in [-0.2, 0) is 0 Å². The third-order valence-electron chi connectivity index (χ3n) is 4.98. The molecule has 10 heteroatoms. The second kappa shape index (κ2) is 10.8. The van der Waals surface area contributed by atoms with Gasteiger partial charge in [0.25, 0.3) is 0 Å². The van der Waals surface area contributed by atoms with Crippen molar-refractivity contribution in [1.29, 1.82) is 0 Å². The lowest BCUT2D eigenvalue weighted by Gasteiger charge is -2.35. The maximum Gasteiger partial charge on any atom is 0.322 e. The van der Waals surface area contributed by atoms with Crippen LogP contribution in [0.25, 0.3) is 0 Å². The fourth-order valence-corrected chi connectivity index (χ4v) is 4.30. The molecule has 0 aliphatic carbocycles. The minimum Gasteiger partial charge on any atom is -0.367 e. The number of hydrogen-bond acceptors (Lipinski definition) is 3. The van der Waals surface area contributed by atoms with E-state index in [2.05, 4.69) is 29.0 Å². The average molecular weight is 494 g/mol. The summed E-state index contributed by atoms with van der Waals surface area (Å²) in [6.45, 7) is 6.00. The molecule has 1 aliphatic heterocycles. The maximum absolute atomic E-state index is 13.4. The van der Waals surface area contributed by atoms with Gasteiger partial charge in [-0.1, -0.05) is 48.7 Å². The van der Waals surface area contributed by atoms with E-state index in [9.17, 15) is 9.18 Å². The van der Waals surface area contributed by atoms with E-state index in [4.69, 9.17) is 34.8 Å². The van der Waals surface area contributed by atoms with Crippen molar-refractivity contribution in [3.8, 4) is 0 Å². The van der Waals surface area contributed by atoms with Gasteiger partial charge >= 0.3 is 6.03 Å². The van der Waals surface area contributed by atoms with Crippen molar-refractivity contribution in [3.63, 3.8) is 0 Å². The van der Waals surface area contributed by atoms with E-state index < -0.39 is 5.82 Å². The van der Waals surface area contributed by atoms with Crippen LogP contribution in [-0.4, -0.2) is 41.6 Å². The third-order valence-corrected chi connectivity index (χ3v) is 5.82. The van der Waals surface area contributed by atoms with Gasteiger partial charge in [-0.05, 0) is 30.5 Å². The Balaban J connectivity index is 0.00000320. The predicted octanol–water partition coefficient (Wildman–Crippen LogP) is 6.06. The van der Waals surface area contributed by atoms with Gasteiger partial charge in [-0.15, -0.1) is 0 Å². The van der Waals surface area contributed by atoms with Crippen molar-refractivity contribution < 1.29 is 9.18 Å². The lowest BCUT2D eigenvalue weighted by atomic mass is 10.0. The number of carbonyl (C=O) groups is 1. The number of pyridine rings is 1. The first kappa shape index (κ1) is 24.9. The summed E-state index contributed by atoms with van der Waals surface area (Å²) < 4.78 is 13.4. The number of nitrogens with zero attached hydrogens (tertiary/aromatic N) is 3. The number of benzene rings is 1. The Labute approximate surface area is 197 Å². The molecule has 0 bridgehead atoms. The number of aromatic nitrogens is 1. The number of rotatable bonds is 3. The first-order chi connectivity index (χ1) is 13.8. The van der Waals surface area contributed by atoms with E-state index in [1.54, 1.807) is 12.4 Å². The van der Waals surface area contributed by atoms with Crippen molar-refractivity contribution in [2.45, 2.75) is 26.3 Å². The number of anilines is 2. The van der Waals surface area contributed by atoms with Gasteiger partial charge < -0.3 is 15.1 Å². The molecule has 3 rings (SSSR count). The van der Waals surface area contributed by atoms with Crippen LogP contribution in [0, 0.1) is 11.7 Å². The van der Waals surface area contributed by atoms with Crippen molar-refractivity contribution in [1.82, 2.24) is 9.88 Å². The third kappa shape index (κ3) is 5.63. The highest BCUT2D eigenvalue weighted by atomic mass is 35.5. The van der Waals surface area contributed by atoms with Crippen LogP contribution in [0.15, 0.2) is 30.6 Å². The van der Waals surface area contributed by atoms with E-state index in [0.717, 1.165) is 12.1 Å². The molecule has 0 unspecified atom stereocenters. The molecule has 1 N–H and O–H groups in total. The Morgan fingerprint density at radius 2 is 1.83 bits per heavy atom. The number of nitrogens with one attached hydrogen (secondary N) is 1. The molecule has 1 saturated heterocycles. The predicted molar refractivity (Wildman–Crippen MR) is 127 cm³/mol. The van der Waals surface area contributed by atoms with Crippen LogP contribution in [0.1, 0.15) is 20.3 Å². The highest BCUT2D eigenvalue weighted by molar-refractivity contribution is 7.59. The molecule has 1 fully saturated rings. The Hall–Kier alpha value is -1.41. The molecule has 1 atom stereocenters. The number of carbonyl (C=O) groups excluding carboxylic acids is 1. The zero-order valence-corrected chi connectivity index (χ0v) is 19.9. The van der Waals surface area contributed by atoms with Gasteiger partial charge in [0, 0.05) is 37.7 Å². The van der Waals surface area contributed by atoms with Crippen LogP contribution in [0.4, 0.5) is 20.6 Å². The SMILES string of the molecule is CC(C)[C@H]1CN(c2c(Cl)cncc2Cl)CCCN1C(=O)Nc1ccc(F)c(Cl)c1.S. The molecule has 0 spiro atoms. The summed E-state index contributed by atoms with van der Waals surface area (Å²) in [5, 5.41) is 3.76. The molecule has 2 heterocycles. The number of urea groups is 1. The number of halogens is 4. The van der Waals surface area contributed by atoms with Crippen molar-refractivity contribution in [2.24, 2.45) is 5.92 Å². The molecule has 2 aromatic rings. The standard InChI is InChI=1S/C20H22Cl3FN4O.H2S/c1-12(2)18-11-27(19-15(22)9-25-10-16(19)23)6-3-7-28(18)20(29)26-13-4-5-17(24)14(21)8-13;/h4-5,8-10,12,18H,3,6-7,11H2,1-2H3,(H,26,29);1H2/t18-;/m1./s1. The summed E-state index contributed by atoms with van der Waals surface area (Å²) in [5.74, 6) is -0.334. The van der Waals surface area contributed by atoms with Crippen molar-refractivity contribution in [2.75, 3.05) is 29.9 Å². The van der Waals surface area contributed by atoms with Crippen LogP contribution >= 0.6 is 48.3 Å². The quantitative estimate of drug-likeness (QED) is 0.565. The molecule has 5 nitrogen and oxygen atoms in total. The Bertz CT molecular complexity index is 882. The molecule has 30 heavy (non-hydrogen) atoms. The summed E-state index contributed by atoms with van der Waals surface area (Å²) in [4.78, 5) is 20.9. The molecule has 164 valence electrons. The summed E-state index contributed by atoms with van der Waals surface area (Å²) >= 11 is 18.5. The van der Waals surface area contributed by atoms with Crippen LogP contribution < -0.4 is 10.2 Å². The van der Waals surface area contributed by atoms with Crippen LogP contribution in [0.3, 0.4) is 0 Å². The molecule has 1 aromatic carbocycles. The van der Waals surface area contributed by atoms with Crippen LogP contribution in [0.2, 0.25) is 15.1 Å². The minimum absolute atomic E-state index is 0. The lowest BCUT2D eigenvalue weighted by Crippen LogP contribution is -2.49. The van der Waals surface area contributed by atoms with Gasteiger partial charge in [0.15, 0.2) is 0 Å². The smallest absolute Gasteiger partial charge is 0.322 e. The Morgan fingerprint density at radius 3 is 2.43 bits per heavy atom. The van der Waals surface area contributed by atoms with Gasteiger partial charge in [0.1, 0.15) is 5.82 Å². The van der Waals surface area contributed by atoms with Gasteiger partial charge in [0.2, 0.25) is 0 Å². The monoisotopic (exact) mass is 492 g/mol. The van der Waals surface area contributed by atoms with Gasteiger partial charge in [-0.3, -0.25) is 4.98 Å². The molecule has 2 amide bonds. The van der Waals surface area contributed by atoms with Crippen molar-refractivity contribution in [3.05, 3.63) is 51.5 Å². The normalized spacial score (nSPS) is 16.8. The van der Waals surface area contributed by atoms with Gasteiger partial charge in [0.05, 0.1) is 26.8 Å². The molecular formula is C20H24Cl3FN4OS. The summed E-state index contributed by atoms with van der Waals surface area (Å²) in [6, 6.07) is 3.80. The summed E-state index contributed by atoms with van der Waals surface area (Å²) in [5.41, 5.74) is 1.19. The van der Waals surface area contributed by atoms with Crippen molar-refractivity contribution >= 4 is 65.7 Å². The fourth-order valence-electron chi connectivity index (χ4n) is 3.52. The minimum atomic E-state index is -0.527. The van der Waals surface area contributed by atoms with E-state index in [1.807, 2.05) is 4.90 Å². The van der Waals surface area contributed by atoms with Gasteiger partial charge in [-0.25, -0.2) is 9.18 Å². The zero-order chi connectivity index (χ0) is 21.1. The average Bonchev–Trinajstić information content (AvgIpc) is 2.88. The largest absolute Gasteiger partial charge is 0.367 e. The molecule has 1 aliphatic rings. The number of hydrogen-bond donors (Lipinski definition) is 1. The summed E-state index contributed by atoms with van der Waals surface area (Å²) in [7, 11) is 0. The second-order valence-electron chi connectivity index (χ2n) is 7.32. The van der Waals surface area contributed by atoms with E-state index >= 15 is 0 Å². The maximum atomic E-state index is 13.4. The topological polar surface area (TPSA) is 48.5 Å². The molecule has 1 aromatic heterocycles. The Kier molecular flexibility index (Phi) is 8.91. The highest BCUT2D eigenvalue weighted by Crippen LogP contribution is 2.34.